The smallest absolute Gasteiger partial charge is 0.229 e. The first kappa shape index (κ1) is 16.3. The van der Waals surface area contributed by atoms with Gasteiger partial charge in [0.2, 0.25) is 5.91 Å². The van der Waals surface area contributed by atoms with Crippen molar-refractivity contribution in [2.45, 2.75) is 19.3 Å². The number of carbonyl (C=O) groups excluding carboxylic acids is 1. The molecule has 0 unspecified atom stereocenters. The summed E-state index contributed by atoms with van der Waals surface area (Å²) in [7, 11) is 1.67. The summed E-state index contributed by atoms with van der Waals surface area (Å²) in [5.74, 6) is 1.26. The predicted molar refractivity (Wildman–Crippen MR) is 100 cm³/mol. The van der Waals surface area contributed by atoms with Crippen LogP contribution in [0.1, 0.15) is 16.8 Å². The van der Waals surface area contributed by atoms with Gasteiger partial charge in [0, 0.05) is 5.56 Å². The van der Waals surface area contributed by atoms with E-state index in [4.69, 9.17) is 4.74 Å². The third-order valence-corrected chi connectivity index (χ3v) is 4.52. The fourth-order valence-corrected chi connectivity index (χ4v) is 3.24. The maximum atomic E-state index is 12.2. The molecule has 5 nitrogen and oxygen atoms in total. The summed E-state index contributed by atoms with van der Waals surface area (Å²) in [6.07, 6.45) is 3.63. The van der Waals surface area contributed by atoms with Crippen LogP contribution in [0.15, 0.2) is 54.7 Å². The minimum Gasteiger partial charge on any atom is -0.497 e. The van der Waals surface area contributed by atoms with E-state index < -0.39 is 0 Å². The fraction of sp³-hybridized carbons (Fsp3) is 0.190. The first-order valence-corrected chi connectivity index (χ1v) is 8.60. The Morgan fingerprint density at radius 3 is 2.81 bits per heavy atom. The molecule has 0 spiro atoms. The maximum absolute atomic E-state index is 12.2. The lowest BCUT2D eigenvalue weighted by molar-refractivity contribution is -0.115. The standard InChI is InChI=1S/C21H19N3O2/c1-26-16-8-9-17-15(12-16)7-10-18-21(17)22-13-19(23-18)24-20(25)11-14-5-3-2-4-6-14/h2-6,8-9,12-13H,7,10-11H2,1H3,(H,23,24,25). The Labute approximate surface area is 152 Å². The summed E-state index contributed by atoms with van der Waals surface area (Å²) in [6.45, 7) is 0. The van der Waals surface area contributed by atoms with E-state index in [1.807, 2.05) is 42.5 Å². The molecule has 2 aromatic carbocycles. The molecule has 4 rings (SSSR count). The van der Waals surface area contributed by atoms with Gasteiger partial charge in [-0.3, -0.25) is 9.78 Å². The van der Waals surface area contributed by atoms with Gasteiger partial charge < -0.3 is 10.1 Å². The normalized spacial score (nSPS) is 12.0. The van der Waals surface area contributed by atoms with Crippen LogP contribution in [0.3, 0.4) is 0 Å². The SMILES string of the molecule is COc1ccc2c(c1)CCc1nc(NC(=O)Cc3ccccc3)cnc1-2. The Morgan fingerprint density at radius 2 is 2.00 bits per heavy atom. The molecular weight excluding hydrogens is 326 g/mol. The highest BCUT2D eigenvalue weighted by atomic mass is 16.5. The van der Waals surface area contributed by atoms with Crippen molar-refractivity contribution in [2.75, 3.05) is 12.4 Å². The van der Waals surface area contributed by atoms with Crippen molar-refractivity contribution in [1.82, 2.24) is 9.97 Å². The second-order valence-corrected chi connectivity index (χ2v) is 6.28. The van der Waals surface area contributed by atoms with Gasteiger partial charge in [-0.05, 0) is 42.2 Å². The number of methoxy groups -OCH3 is 1. The molecule has 0 saturated heterocycles. The van der Waals surface area contributed by atoms with Gasteiger partial charge in [-0.25, -0.2) is 4.98 Å². The molecule has 1 aliphatic carbocycles. The van der Waals surface area contributed by atoms with E-state index in [0.29, 0.717) is 12.2 Å². The van der Waals surface area contributed by atoms with E-state index in [2.05, 4.69) is 21.4 Å². The molecule has 0 saturated carbocycles. The van der Waals surface area contributed by atoms with Crippen LogP contribution in [-0.4, -0.2) is 23.0 Å². The van der Waals surface area contributed by atoms with E-state index in [1.54, 1.807) is 13.3 Å². The lowest BCUT2D eigenvalue weighted by atomic mass is 9.91. The van der Waals surface area contributed by atoms with E-state index in [9.17, 15) is 4.79 Å². The number of hydrogen-bond acceptors (Lipinski definition) is 4. The average molecular weight is 345 g/mol. The molecule has 0 aliphatic heterocycles. The molecule has 3 aromatic rings. The number of nitrogens with zero attached hydrogens (tertiary/aromatic N) is 2. The summed E-state index contributed by atoms with van der Waals surface area (Å²) in [6, 6.07) is 15.7. The van der Waals surface area contributed by atoms with Gasteiger partial charge in [0.25, 0.3) is 0 Å². The Balaban J connectivity index is 1.53. The zero-order chi connectivity index (χ0) is 17.9. The molecule has 1 heterocycles. The molecule has 0 fully saturated rings. The molecule has 0 atom stereocenters. The highest BCUT2D eigenvalue weighted by molar-refractivity contribution is 5.91. The molecule has 1 amide bonds. The Morgan fingerprint density at radius 1 is 1.15 bits per heavy atom. The third kappa shape index (κ3) is 3.28. The van der Waals surface area contributed by atoms with Crippen LogP contribution in [0, 0.1) is 0 Å². The number of aromatic nitrogens is 2. The first-order valence-electron chi connectivity index (χ1n) is 8.60. The molecule has 26 heavy (non-hydrogen) atoms. The monoisotopic (exact) mass is 345 g/mol. The Hall–Kier alpha value is -3.21. The molecule has 1 aromatic heterocycles. The highest BCUT2D eigenvalue weighted by Crippen LogP contribution is 2.33. The fourth-order valence-electron chi connectivity index (χ4n) is 3.24. The van der Waals surface area contributed by atoms with Gasteiger partial charge in [-0.15, -0.1) is 0 Å². The van der Waals surface area contributed by atoms with Gasteiger partial charge in [0.1, 0.15) is 5.75 Å². The number of hydrogen-bond donors (Lipinski definition) is 1. The number of ether oxygens (including phenoxy) is 1. The van der Waals surface area contributed by atoms with Crippen molar-refractivity contribution in [3.05, 3.63) is 71.5 Å². The number of nitrogens with one attached hydrogen (secondary N) is 1. The number of fused-ring (bicyclic) bond motifs is 3. The zero-order valence-corrected chi connectivity index (χ0v) is 14.5. The van der Waals surface area contributed by atoms with Crippen molar-refractivity contribution >= 4 is 11.7 Å². The van der Waals surface area contributed by atoms with Gasteiger partial charge in [0.05, 0.1) is 31.1 Å². The summed E-state index contributed by atoms with van der Waals surface area (Å²) in [5, 5.41) is 2.85. The molecular formula is C21H19N3O2. The largest absolute Gasteiger partial charge is 0.497 e. The summed E-state index contributed by atoms with van der Waals surface area (Å²) >= 11 is 0. The number of carbonyl (C=O) groups is 1. The molecule has 5 heteroatoms. The summed E-state index contributed by atoms with van der Waals surface area (Å²) < 4.78 is 5.30. The quantitative estimate of drug-likeness (QED) is 0.787. The van der Waals surface area contributed by atoms with Gasteiger partial charge in [0.15, 0.2) is 5.82 Å². The van der Waals surface area contributed by atoms with Crippen molar-refractivity contribution in [3.63, 3.8) is 0 Å². The number of benzene rings is 2. The van der Waals surface area contributed by atoms with E-state index in [1.165, 1.54) is 5.56 Å². The molecule has 0 bridgehead atoms. The molecule has 0 radical (unpaired) electrons. The first-order chi connectivity index (χ1) is 12.7. The van der Waals surface area contributed by atoms with Crippen LogP contribution < -0.4 is 10.1 Å². The van der Waals surface area contributed by atoms with Gasteiger partial charge in [-0.1, -0.05) is 30.3 Å². The average Bonchev–Trinajstić information content (AvgIpc) is 2.68. The maximum Gasteiger partial charge on any atom is 0.229 e. The van der Waals surface area contributed by atoms with Crippen LogP contribution in [0.2, 0.25) is 0 Å². The highest BCUT2D eigenvalue weighted by Gasteiger charge is 2.20. The minimum absolute atomic E-state index is 0.0913. The lowest BCUT2D eigenvalue weighted by Crippen LogP contribution is -2.17. The van der Waals surface area contributed by atoms with Crippen LogP contribution in [0.4, 0.5) is 5.82 Å². The summed E-state index contributed by atoms with van der Waals surface area (Å²) in [4.78, 5) is 21.4. The number of rotatable bonds is 4. The van der Waals surface area contributed by atoms with E-state index >= 15 is 0 Å². The van der Waals surface area contributed by atoms with Crippen molar-refractivity contribution in [2.24, 2.45) is 0 Å². The van der Waals surface area contributed by atoms with E-state index in [-0.39, 0.29) is 5.91 Å². The lowest BCUT2D eigenvalue weighted by Gasteiger charge is -2.19. The number of amides is 1. The second kappa shape index (κ2) is 6.96. The van der Waals surface area contributed by atoms with Gasteiger partial charge >= 0.3 is 0 Å². The van der Waals surface area contributed by atoms with Crippen LogP contribution in [-0.2, 0) is 24.1 Å². The molecule has 1 N–H and O–H groups in total. The Bertz CT molecular complexity index is 955. The Kier molecular flexibility index (Phi) is 4.35. The zero-order valence-electron chi connectivity index (χ0n) is 14.5. The summed E-state index contributed by atoms with van der Waals surface area (Å²) in [5.41, 5.74) is 5.07. The van der Waals surface area contributed by atoms with Gasteiger partial charge in [-0.2, -0.15) is 0 Å². The van der Waals surface area contributed by atoms with Crippen molar-refractivity contribution < 1.29 is 9.53 Å². The topological polar surface area (TPSA) is 64.1 Å². The van der Waals surface area contributed by atoms with Crippen molar-refractivity contribution in [3.8, 4) is 17.0 Å². The second-order valence-electron chi connectivity index (χ2n) is 6.28. The molecule has 130 valence electrons. The van der Waals surface area contributed by atoms with Crippen LogP contribution in [0.25, 0.3) is 11.3 Å². The minimum atomic E-state index is -0.0913. The van der Waals surface area contributed by atoms with E-state index in [0.717, 1.165) is 41.1 Å². The molecule has 1 aliphatic rings. The number of aryl methyl sites for hydroxylation is 2. The van der Waals surface area contributed by atoms with Crippen LogP contribution >= 0.6 is 0 Å². The number of anilines is 1. The predicted octanol–water partition coefficient (Wildman–Crippen LogP) is 3.43. The van der Waals surface area contributed by atoms with Crippen molar-refractivity contribution in [1.29, 1.82) is 0 Å². The van der Waals surface area contributed by atoms with Crippen LogP contribution in [0.5, 0.6) is 5.75 Å². The third-order valence-electron chi connectivity index (χ3n) is 4.52.